The summed E-state index contributed by atoms with van der Waals surface area (Å²) >= 11 is 6.11. The highest BCUT2D eigenvalue weighted by Gasteiger charge is 2.16. The van der Waals surface area contributed by atoms with Crippen LogP contribution in [0.2, 0.25) is 5.02 Å². The van der Waals surface area contributed by atoms with Crippen LogP contribution in [0.5, 0.6) is 11.5 Å². The molecule has 3 nitrogen and oxygen atoms in total. The van der Waals surface area contributed by atoms with Gasteiger partial charge in [0.15, 0.2) is 11.5 Å². The van der Waals surface area contributed by atoms with Crippen LogP contribution in [0.1, 0.15) is 28.4 Å². The van der Waals surface area contributed by atoms with Gasteiger partial charge in [-0.1, -0.05) is 23.7 Å². The molecule has 0 aliphatic carbocycles. The fourth-order valence-electron chi connectivity index (χ4n) is 2.30. The minimum absolute atomic E-state index is 0.595. The van der Waals surface area contributed by atoms with Crippen molar-refractivity contribution in [3.05, 3.63) is 57.6 Å². The second-order valence-electron chi connectivity index (χ2n) is 4.97. The van der Waals surface area contributed by atoms with E-state index in [1.165, 1.54) is 0 Å². The van der Waals surface area contributed by atoms with Crippen LogP contribution in [0.4, 0.5) is 0 Å². The maximum Gasteiger partial charge on any atom is 0.161 e. The lowest BCUT2D eigenvalue weighted by Gasteiger charge is -2.17. The number of hydrogen-bond acceptors (Lipinski definition) is 3. The van der Waals surface area contributed by atoms with Crippen LogP contribution < -0.4 is 9.47 Å². The smallest absolute Gasteiger partial charge is 0.161 e. The van der Waals surface area contributed by atoms with Gasteiger partial charge >= 0.3 is 0 Å². The zero-order valence-electron chi connectivity index (χ0n) is 12.6. The molecule has 0 radical (unpaired) electrons. The quantitative estimate of drug-likeness (QED) is 0.926. The van der Waals surface area contributed by atoms with Crippen LogP contribution >= 0.6 is 11.6 Å². The molecule has 21 heavy (non-hydrogen) atoms. The van der Waals surface area contributed by atoms with Crippen LogP contribution in [0.3, 0.4) is 0 Å². The van der Waals surface area contributed by atoms with Crippen molar-refractivity contribution >= 4 is 11.6 Å². The fourth-order valence-corrected chi connectivity index (χ4v) is 2.52. The van der Waals surface area contributed by atoms with E-state index in [9.17, 15) is 5.11 Å². The van der Waals surface area contributed by atoms with Crippen LogP contribution in [-0.4, -0.2) is 19.3 Å². The molecule has 2 aromatic rings. The van der Waals surface area contributed by atoms with E-state index in [1.807, 2.05) is 32.0 Å². The molecular formula is C17H19ClO3. The summed E-state index contributed by atoms with van der Waals surface area (Å²) in [5.74, 6) is 1.23. The molecule has 1 atom stereocenters. The summed E-state index contributed by atoms with van der Waals surface area (Å²) in [4.78, 5) is 0. The van der Waals surface area contributed by atoms with Gasteiger partial charge in [0.1, 0.15) is 6.10 Å². The maximum atomic E-state index is 10.6. The number of benzene rings is 2. The summed E-state index contributed by atoms with van der Waals surface area (Å²) in [6, 6.07) is 9.19. The van der Waals surface area contributed by atoms with Crippen molar-refractivity contribution in [1.82, 2.24) is 0 Å². The van der Waals surface area contributed by atoms with Crippen molar-refractivity contribution in [2.45, 2.75) is 20.0 Å². The van der Waals surface area contributed by atoms with Gasteiger partial charge in [-0.05, 0) is 54.3 Å². The number of ether oxygens (including phenoxy) is 2. The van der Waals surface area contributed by atoms with Crippen molar-refractivity contribution in [3.63, 3.8) is 0 Å². The van der Waals surface area contributed by atoms with Gasteiger partial charge in [-0.15, -0.1) is 0 Å². The summed E-state index contributed by atoms with van der Waals surface area (Å²) in [6.07, 6.45) is -0.735. The molecule has 0 saturated heterocycles. The Bertz CT molecular complexity index is 653. The zero-order valence-corrected chi connectivity index (χ0v) is 13.4. The molecular weight excluding hydrogens is 288 g/mol. The molecule has 1 N–H and O–H groups in total. The summed E-state index contributed by atoms with van der Waals surface area (Å²) in [5.41, 5.74) is 3.48. The van der Waals surface area contributed by atoms with E-state index in [1.54, 1.807) is 26.4 Å². The number of hydrogen-bond donors (Lipinski definition) is 1. The number of rotatable bonds is 4. The van der Waals surface area contributed by atoms with Crippen molar-refractivity contribution < 1.29 is 14.6 Å². The Labute approximate surface area is 130 Å². The topological polar surface area (TPSA) is 38.7 Å². The van der Waals surface area contributed by atoms with Crippen molar-refractivity contribution in [2.75, 3.05) is 14.2 Å². The third-order valence-corrected chi connectivity index (χ3v) is 3.97. The highest BCUT2D eigenvalue weighted by Crippen LogP contribution is 2.34. The lowest BCUT2D eigenvalue weighted by molar-refractivity contribution is 0.218. The van der Waals surface area contributed by atoms with E-state index >= 15 is 0 Å². The van der Waals surface area contributed by atoms with Crippen LogP contribution in [0.25, 0.3) is 0 Å². The molecule has 0 heterocycles. The van der Waals surface area contributed by atoms with Gasteiger partial charge in [0.05, 0.1) is 14.2 Å². The Morgan fingerprint density at radius 2 is 1.62 bits per heavy atom. The minimum Gasteiger partial charge on any atom is -0.493 e. The monoisotopic (exact) mass is 306 g/mol. The highest BCUT2D eigenvalue weighted by atomic mass is 35.5. The summed E-state index contributed by atoms with van der Waals surface area (Å²) < 4.78 is 10.5. The largest absolute Gasteiger partial charge is 0.493 e. The van der Waals surface area contributed by atoms with Gasteiger partial charge < -0.3 is 14.6 Å². The van der Waals surface area contributed by atoms with E-state index in [-0.39, 0.29) is 0 Å². The average Bonchev–Trinajstić information content (AvgIpc) is 2.49. The Morgan fingerprint density at radius 1 is 0.952 bits per heavy atom. The number of aryl methyl sites for hydroxylation is 2. The van der Waals surface area contributed by atoms with Crippen LogP contribution in [0.15, 0.2) is 30.3 Å². The van der Waals surface area contributed by atoms with Gasteiger partial charge in [0.25, 0.3) is 0 Å². The lowest BCUT2D eigenvalue weighted by Crippen LogP contribution is -2.04. The third kappa shape index (κ3) is 3.14. The first-order chi connectivity index (χ1) is 9.97. The molecule has 0 saturated carbocycles. The fraction of sp³-hybridized carbons (Fsp3) is 0.294. The van der Waals surface area contributed by atoms with E-state index in [0.717, 1.165) is 22.3 Å². The summed E-state index contributed by atoms with van der Waals surface area (Å²) in [5, 5.41) is 11.3. The zero-order chi connectivity index (χ0) is 15.6. The molecule has 1 unspecified atom stereocenters. The van der Waals surface area contributed by atoms with E-state index < -0.39 is 6.10 Å². The van der Waals surface area contributed by atoms with Gasteiger partial charge in [0, 0.05) is 5.02 Å². The predicted molar refractivity (Wildman–Crippen MR) is 84.5 cm³/mol. The van der Waals surface area contributed by atoms with Gasteiger partial charge in [0.2, 0.25) is 0 Å². The van der Waals surface area contributed by atoms with Crippen LogP contribution in [-0.2, 0) is 0 Å². The predicted octanol–water partition coefficient (Wildman–Crippen LogP) is 4.06. The average molecular weight is 307 g/mol. The third-order valence-electron chi connectivity index (χ3n) is 3.57. The first-order valence-corrected chi connectivity index (χ1v) is 7.02. The van der Waals surface area contributed by atoms with Gasteiger partial charge in [-0.3, -0.25) is 0 Å². The number of aliphatic hydroxyl groups excluding tert-OH is 1. The molecule has 0 fully saturated rings. The number of halogens is 1. The van der Waals surface area contributed by atoms with E-state index in [4.69, 9.17) is 21.1 Å². The SMILES string of the molecule is COc1ccc(C(O)c2cc(C)c(Cl)cc2C)cc1OC. The van der Waals surface area contributed by atoms with Gasteiger partial charge in [-0.2, -0.15) is 0 Å². The second-order valence-corrected chi connectivity index (χ2v) is 5.38. The minimum atomic E-state index is -0.735. The Balaban J connectivity index is 2.45. The van der Waals surface area contributed by atoms with Crippen LogP contribution in [0, 0.1) is 13.8 Å². The normalized spacial score (nSPS) is 12.1. The Hall–Kier alpha value is -1.71. The molecule has 0 aliphatic rings. The molecule has 2 rings (SSSR count). The molecule has 0 aromatic heterocycles. The molecule has 112 valence electrons. The van der Waals surface area contributed by atoms with Gasteiger partial charge in [-0.25, -0.2) is 0 Å². The van der Waals surface area contributed by atoms with E-state index in [2.05, 4.69) is 0 Å². The first kappa shape index (κ1) is 15.7. The standard InChI is InChI=1S/C17H19ClO3/c1-10-8-14(18)11(2)7-13(10)17(19)12-5-6-15(20-3)16(9-12)21-4/h5-9,17,19H,1-4H3. The second kappa shape index (κ2) is 6.37. The first-order valence-electron chi connectivity index (χ1n) is 6.64. The lowest BCUT2D eigenvalue weighted by atomic mass is 9.95. The summed E-state index contributed by atoms with van der Waals surface area (Å²) in [7, 11) is 3.16. The highest BCUT2D eigenvalue weighted by molar-refractivity contribution is 6.31. The molecule has 0 aliphatic heterocycles. The van der Waals surface area contributed by atoms with Crippen molar-refractivity contribution in [3.8, 4) is 11.5 Å². The van der Waals surface area contributed by atoms with Crippen molar-refractivity contribution in [1.29, 1.82) is 0 Å². The van der Waals surface area contributed by atoms with E-state index in [0.29, 0.717) is 16.5 Å². The van der Waals surface area contributed by atoms with Crippen molar-refractivity contribution in [2.24, 2.45) is 0 Å². The maximum absolute atomic E-state index is 10.6. The molecule has 0 bridgehead atoms. The Kier molecular flexibility index (Phi) is 4.76. The Morgan fingerprint density at radius 3 is 2.24 bits per heavy atom. The molecule has 0 spiro atoms. The number of aliphatic hydroxyl groups is 1. The molecule has 0 amide bonds. The summed E-state index contributed by atoms with van der Waals surface area (Å²) in [6.45, 7) is 3.86. The number of methoxy groups -OCH3 is 2. The molecule has 4 heteroatoms. The molecule has 2 aromatic carbocycles.